The first kappa shape index (κ1) is 18.3. The van der Waals surface area contributed by atoms with Gasteiger partial charge in [0.05, 0.1) is 13.7 Å². The average molecular weight is 388 g/mol. The van der Waals surface area contributed by atoms with Crippen molar-refractivity contribution in [1.29, 1.82) is 0 Å². The van der Waals surface area contributed by atoms with Gasteiger partial charge in [0.2, 0.25) is 0 Å². The summed E-state index contributed by atoms with van der Waals surface area (Å²) in [6.45, 7) is 0.416. The number of ether oxygens (including phenoxy) is 2. The fourth-order valence-electron chi connectivity index (χ4n) is 2.42. The minimum atomic E-state index is -0.136. The number of halogens is 1. The van der Waals surface area contributed by atoms with E-state index < -0.39 is 0 Å². The Morgan fingerprint density at radius 1 is 1.08 bits per heavy atom. The van der Waals surface area contributed by atoms with Crippen LogP contribution in [0.4, 0.5) is 5.69 Å². The molecule has 3 rings (SSSR count). The quantitative estimate of drug-likeness (QED) is 0.571. The number of amides is 1. The largest absolute Gasteiger partial charge is 0.497 e. The molecule has 0 saturated heterocycles. The Morgan fingerprint density at radius 3 is 2.54 bits per heavy atom. The third kappa shape index (κ3) is 4.77. The van der Waals surface area contributed by atoms with Crippen LogP contribution in [0.25, 0.3) is 0 Å². The zero-order chi connectivity index (χ0) is 18.4. The Morgan fingerprint density at radius 2 is 1.88 bits per heavy atom. The van der Waals surface area contributed by atoms with Gasteiger partial charge < -0.3 is 14.4 Å². The van der Waals surface area contributed by atoms with Crippen molar-refractivity contribution in [1.82, 2.24) is 0 Å². The number of anilines is 1. The van der Waals surface area contributed by atoms with E-state index in [1.165, 1.54) is 0 Å². The van der Waals surface area contributed by atoms with Crippen molar-refractivity contribution in [2.45, 2.75) is 6.54 Å². The van der Waals surface area contributed by atoms with Crippen molar-refractivity contribution < 1.29 is 14.3 Å². The number of hydrogen-bond donors (Lipinski definition) is 0. The van der Waals surface area contributed by atoms with E-state index in [9.17, 15) is 4.79 Å². The zero-order valence-corrected chi connectivity index (χ0v) is 15.8. The Kier molecular flexibility index (Phi) is 6.15. The standard InChI is InChI=1S/C20H18ClNO3S/c1-24-17-9-7-16(8-10-17)22(13-19-6-3-11-26-19)20(23)14-25-18-5-2-4-15(21)12-18/h2-12H,13-14H2,1H3. The van der Waals surface area contributed by atoms with E-state index in [4.69, 9.17) is 21.1 Å². The van der Waals surface area contributed by atoms with Crippen molar-refractivity contribution in [3.63, 3.8) is 0 Å². The Balaban J connectivity index is 1.76. The first-order valence-electron chi connectivity index (χ1n) is 8.01. The molecule has 4 nitrogen and oxygen atoms in total. The van der Waals surface area contributed by atoms with Gasteiger partial charge in [0, 0.05) is 15.6 Å². The number of carbonyl (C=O) groups excluding carboxylic acids is 1. The number of methoxy groups -OCH3 is 1. The highest BCUT2D eigenvalue weighted by atomic mass is 35.5. The SMILES string of the molecule is COc1ccc(N(Cc2cccs2)C(=O)COc2cccc(Cl)c2)cc1. The molecule has 0 aliphatic heterocycles. The van der Waals surface area contributed by atoms with Gasteiger partial charge >= 0.3 is 0 Å². The summed E-state index contributed by atoms with van der Waals surface area (Å²) in [5.41, 5.74) is 0.791. The smallest absolute Gasteiger partial charge is 0.265 e. The number of thiophene rings is 1. The molecule has 0 unspecified atom stereocenters. The lowest BCUT2D eigenvalue weighted by atomic mass is 10.2. The van der Waals surface area contributed by atoms with Crippen molar-refractivity contribution in [2.75, 3.05) is 18.6 Å². The molecule has 0 aliphatic carbocycles. The third-order valence-electron chi connectivity index (χ3n) is 3.74. The second-order valence-electron chi connectivity index (χ2n) is 5.50. The molecular weight excluding hydrogens is 370 g/mol. The molecule has 6 heteroatoms. The second kappa shape index (κ2) is 8.74. The number of carbonyl (C=O) groups is 1. The van der Waals surface area contributed by atoms with Crippen LogP contribution in [0, 0.1) is 0 Å². The summed E-state index contributed by atoms with van der Waals surface area (Å²) < 4.78 is 10.8. The Labute approximate surface area is 161 Å². The maximum absolute atomic E-state index is 12.8. The topological polar surface area (TPSA) is 38.8 Å². The van der Waals surface area contributed by atoms with Gasteiger partial charge in [-0.3, -0.25) is 4.79 Å². The predicted octanol–water partition coefficient (Wildman–Crippen LogP) is 5.02. The van der Waals surface area contributed by atoms with Crippen molar-refractivity contribution in [2.24, 2.45) is 0 Å². The van der Waals surface area contributed by atoms with E-state index >= 15 is 0 Å². The molecule has 1 amide bonds. The van der Waals surface area contributed by atoms with Crippen LogP contribution in [-0.2, 0) is 11.3 Å². The summed E-state index contributed by atoms with van der Waals surface area (Å²) in [6, 6.07) is 18.4. The van der Waals surface area contributed by atoms with Crippen LogP contribution in [0.2, 0.25) is 5.02 Å². The maximum Gasteiger partial charge on any atom is 0.265 e. The van der Waals surface area contributed by atoms with Crippen LogP contribution in [0.1, 0.15) is 4.88 Å². The molecule has 0 saturated carbocycles. The summed E-state index contributed by atoms with van der Waals surface area (Å²) in [6.07, 6.45) is 0. The molecule has 134 valence electrons. The first-order valence-corrected chi connectivity index (χ1v) is 9.26. The van der Waals surface area contributed by atoms with Gasteiger partial charge in [-0.15, -0.1) is 11.3 Å². The summed E-state index contributed by atoms with van der Waals surface area (Å²) in [5.74, 6) is 1.17. The van der Waals surface area contributed by atoms with Gasteiger partial charge in [-0.25, -0.2) is 0 Å². The minimum absolute atomic E-state index is 0.0717. The number of nitrogens with zero attached hydrogens (tertiary/aromatic N) is 1. The highest BCUT2D eigenvalue weighted by Gasteiger charge is 2.18. The van der Waals surface area contributed by atoms with E-state index in [0.29, 0.717) is 17.3 Å². The molecule has 0 aliphatic rings. The lowest BCUT2D eigenvalue weighted by Gasteiger charge is -2.22. The van der Waals surface area contributed by atoms with Gasteiger partial charge in [-0.2, -0.15) is 0 Å². The van der Waals surface area contributed by atoms with Gasteiger partial charge in [0.25, 0.3) is 5.91 Å². The highest BCUT2D eigenvalue weighted by Crippen LogP contribution is 2.23. The van der Waals surface area contributed by atoms with Crippen LogP contribution in [-0.4, -0.2) is 19.6 Å². The molecule has 0 radical (unpaired) electrons. The third-order valence-corrected chi connectivity index (χ3v) is 4.83. The van der Waals surface area contributed by atoms with Crippen molar-refractivity contribution in [3.8, 4) is 11.5 Å². The number of rotatable bonds is 7. The molecule has 1 aromatic heterocycles. The van der Waals surface area contributed by atoms with Gasteiger partial charge in [-0.1, -0.05) is 23.7 Å². The van der Waals surface area contributed by atoms with Gasteiger partial charge in [0.15, 0.2) is 6.61 Å². The van der Waals surface area contributed by atoms with E-state index in [2.05, 4.69) is 0 Å². The fraction of sp³-hybridized carbons (Fsp3) is 0.150. The molecule has 0 fully saturated rings. The van der Waals surface area contributed by atoms with Crippen LogP contribution >= 0.6 is 22.9 Å². The van der Waals surface area contributed by atoms with Gasteiger partial charge in [-0.05, 0) is 53.9 Å². The normalized spacial score (nSPS) is 10.4. The molecule has 0 atom stereocenters. The monoisotopic (exact) mass is 387 g/mol. The minimum Gasteiger partial charge on any atom is -0.497 e. The maximum atomic E-state index is 12.8. The lowest BCUT2D eigenvalue weighted by Crippen LogP contribution is -2.34. The lowest BCUT2D eigenvalue weighted by molar-refractivity contribution is -0.120. The fourth-order valence-corrected chi connectivity index (χ4v) is 3.30. The van der Waals surface area contributed by atoms with Crippen molar-refractivity contribution >= 4 is 34.5 Å². The molecule has 3 aromatic rings. The highest BCUT2D eigenvalue weighted by molar-refractivity contribution is 7.09. The van der Waals surface area contributed by atoms with E-state index in [0.717, 1.165) is 16.3 Å². The molecule has 1 heterocycles. The second-order valence-corrected chi connectivity index (χ2v) is 6.97. The van der Waals surface area contributed by atoms with Crippen LogP contribution < -0.4 is 14.4 Å². The Hall–Kier alpha value is -2.50. The summed E-state index contributed by atoms with van der Waals surface area (Å²) in [5, 5.41) is 2.56. The molecule has 0 bridgehead atoms. The predicted molar refractivity (Wildman–Crippen MR) is 105 cm³/mol. The van der Waals surface area contributed by atoms with Crippen molar-refractivity contribution in [3.05, 3.63) is 75.9 Å². The summed E-state index contributed by atoms with van der Waals surface area (Å²) >= 11 is 7.57. The number of benzene rings is 2. The summed E-state index contributed by atoms with van der Waals surface area (Å²) in [4.78, 5) is 15.6. The first-order chi connectivity index (χ1) is 12.7. The molecule has 0 N–H and O–H groups in total. The molecule has 26 heavy (non-hydrogen) atoms. The van der Waals surface area contributed by atoms with E-state index in [-0.39, 0.29) is 12.5 Å². The van der Waals surface area contributed by atoms with E-state index in [1.54, 1.807) is 47.6 Å². The summed E-state index contributed by atoms with van der Waals surface area (Å²) in [7, 11) is 1.61. The molecule has 2 aromatic carbocycles. The zero-order valence-electron chi connectivity index (χ0n) is 14.2. The van der Waals surface area contributed by atoms with Gasteiger partial charge in [0.1, 0.15) is 11.5 Å². The van der Waals surface area contributed by atoms with E-state index in [1.807, 2.05) is 41.8 Å². The van der Waals surface area contributed by atoms with Crippen LogP contribution in [0.15, 0.2) is 66.0 Å². The molecule has 0 spiro atoms. The van der Waals surface area contributed by atoms with Crippen LogP contribution in [0.3, 0.4) is 0 Å². The Bertz CT molecular complexity index is 850. The number of hydrogen-bond acceptors (Lipinski definition) is 4. The average Bonchev–Trinajstić information content (AvgIpc) is 3.18. The molecular formula is C20H18ClNO3S. The van der Waals surface area contributed by atoms with Crippen LogP contribution in [0.5, 0.6) is 11.5 Å².